The molecule has 0 saturated carbocycles. The lowest BCUT2D eigenvalue weighted by atomic mass is 9.92. The molecule has 4 N–H and O–H groups in total. The Hall–Kier alpha value is -6.41. The number of amides is 3. The molecule has 3 aliphatic heterocycles. The van der Waals surface area contributed by atoms with Crippen LogP contribution in [0.3, 0.4) is 0 Å². The van der Waals surface area contributed by atoms with Crippen LogP contribution >= 0.6 is 15.2 Å². The molecule has 9 rings (SSSR count). The highest BCUT2D eigenvalue weighted by atomic mass is 31.2. The molecule has 0 radical (unpaired) electrons. The van der Waals surface area contributed by atoms with E-state index in [9.17, 15) is 28.9 Å². The minimum atomic E-state index is -5.21. The molecule has 6 aromatic rings. The lowest BCUT2D eigenvalue weighted by molar-refractivity contribution is -0.289. The third kappa shape index (κ3) is 22.3. The standard InChI is InChI=1S/C71H89N3O20P2/c1-5-36-83-71-64(74-50(4)78)70(89-43-56-34-22-11-23-35-56)67(86-40-53-28-16-8-17-29-53)59(94-71)45-91-96(81,82)47-61-63(73-49(3)77)69(88-42-55-32-20-10-21-33-55)66(85-39-52-26-14-7-15-27-52)58(93-61)44-90-95(79,80)46-60-62(72-48(2)76)68(87-41-54-30-18-9-19-31-54)65(57(37-75)92-60)84-38-51-24-12-6-13-25-51/h6-35,57-71,75H,5,36-47H2,1-4H3,(H,72,76)(H,73,77)(H,74,78)(H,79,80)(H,81,82)/p-2/t57?,58?,59?,60-,61-,62?,63?,64?,65-,66-,67-,68+,69+,70+,71+/m0/s1. The van der Waals surface area contributed by atoms with E-state index in [4.69, 9.17) is 56.4 Å². The van der Waals surface area contributed by atoms with Crippen molar-refractivity contribution in [3.63, 3.8) is 0 Å². The first-order chi connectivity index (χ1) is 46.4. The predicted molar refractivity (Wildman–Crippen MR) is 349 cm³/mol. The second-order valence-corrected chi connectivity index (χ2v) is 27.6. The average molecular weight is 1360 g/mol. The number of benzene rings is 6. The molecule has 3 aliphatic rings. The summed E-state index contributed by atoms with van der Waals surface area (Å²) in [6.45, 7) is 3.84. The van der Waals surface area contributed by atoms with Gasteiger partial charge in [0.25, 0.3) is 0 Å². The number of hydrogen-bond acceptors (Lipinski definition) is 20. The fraction of sp³-hybridized carbons (Fsp3) is 0.451. The molecule has 3 amide bonds. The van der Waals surface area contributed by atoms with Crippen LogP contribution in [0.15, 0.2) is 182 Å². The van der Waals surface area contributed by atoms with Crippen molar-refractivity contribution in [1.29, 1.82) is 0 Å². The van der Waals surface area contributed by atoms with Crippen LogP contribution < -0.4 is 25.7 Å². The Kier molecular flexibility index (Phi) is 28.4. The van der Waals surface area contributed by atoms with Gasteiger partial charge in [-0.15, -0.1) is 0 Å². The first-order valence-corrected chi connectivity index (χ1v) is 35.7. The molecule has 25 heteroatoms. The van der Waals surface area contributed by atoms with E-state index in [1.54, 1.807) is 12.1 Å². The van der Waals surface area contributed by atoms with Crippen LogP contribution in [0.25, 0.3) is 0 Å². The molecule has 17 atom stereocenters. The van der Waals surface area contributed by atoms with Gasteiger partial charge in [0.05, 0.1) is 83.8 Å². The summed E-state index contributed by atoms with van der Waals surface area (Å²) >= 11 is 0. The van der Waals surface area contributed by atoms with Crippen molar-refractivity contribution in [3.8, 4) is 0 Å². The normalized spacial score (nSPS) is 27.1. The number of hydrogen-bond donors (Lipinski definition) is 4. The van der Waals surface area contributed by atoms with Crippen LogP contribution in [-0.2, 0) is 120 Å². The number of rotatable bonds is 35. The third-order valence-corrected chi connectivity index (χ3v) is 19.1. The van der Waals surface area contributed by atoms with Crippen LogP contribution in [0, 0.1) is 0 Å². The van der Waals surface area contributed by atoms with Crippen molar-refractivity contribution in [2.45, 2.75) is 165 Å². The van der Waals surface area contributed by atoms with Gasteiger partial charge < -0.3 is 96.4 Å². The molecule has 23 nitrogen and oxygen atoms in total. The third-order valence-electron chi connectivity index (χ3n) is 16.4. The first kappa shape index (κ1) is 73.8. The van der Waals surface area contributed by atoms with Gasteiger partial charge in [-0.25, -0.2) is 0 Å². The number of ether oxygens (including phenoxy) is 10. The first-order valence-electron chi connectivity index (χ1n) is 32.3. The van der Waals surface area contributed by atoms with E-state index < -0.39 is 157 Å². The predicted octanol–water partition coefficient (Wildman–Crippen LogP) is 6.83. The highest BCUT2D eigenvalue weighted by Gasteiger charge is 2.53. The number of carbonyl (C=O) groups is 3. The number of aliphatic hydroxyl groups excluding tert-OH is 1. The second-order valence-electron chi connectivity index (χ2n) is 23.9. The van der Waals surface area contributed by atoms with Gasteiger partial charge in [0, 0.05) is 39.7 Å². The molecule has 0 bridgehead atoms. The Labute approximate surface area is 560 Å². The van der Waals surface area contributed by atoms with Gasteiger partial charge in [0.2, 0.25) is 17.7 Å². The van der Waals surface area contributed by atoms with Crippen molar-refractivity contribution < 1.29 is 94.8 Å². The summed E-state index contributed by atoms with van der Waals surface area (Å²) < 4.78 is 107. The summed E-state index contributed by atoms with van der Waals surface area (Å²) in [4.78, 5) is 69.4. The summed E-state index contributed by atoms with van der Waals surface area (Å²) in [7, 11) is -10.4. The highest BCUT2D eigenvalue weighted by Crippen LogP contribution is 2.46. The van der Waals surface area contributed by atoms with Crippen LogP contribution in [0.2, 0.25) is 0 Å². The molecule has 518 valence electrons. The van der Waals surface area contributed by atoms with Crippen LogP contribution in [0.1, 0.15) is 67.5 Å². The van der Waals surface area contributed by atoms with Gasteiger partial charge >= 0.3 is 0 Å². The van der Waals surface area contributed by atoms with E-state index in [-0.39, 0.29) is 46.2 Å². The van der Waals surface area contributed by atoms with Crippen LogP contribution in [-0.4, -0.2) is 153 Å². The molecule has 0 aromatic heterocycles. The molecule has 8 unspecified atom stereocenters. The Balaban J connectivity index is 1.02. The van der Waals surface area contributed by atoms with E-state index in [1.807, 2.05) is 177 Å². The van der Waals surface area contributed by atoms with Gasteiger partial charge in [0.1, 0.15) is 76.2 Å². The zero-order chi connectivity index (χ0) is 67.9. The molecule has 3 saturated heterocycles. The van der Waals surface area contributed by atoms with Crippen molar-refractivity contribution >= 4 is 32.9 Å². The molecule has 0 spiro atoms. The smallest absolute Gasteiger partial charge is 0.217 e. The number of aliphatic hydroxyl groups is 1. The van der Waals surface area contributed by atoms with E-state index in [2.05, 4.69) is 16.0 Å². The van der Waals surface area contributed by atoms with Gasteiger partial charge in [-0.05, 0) is 39.8 Å². The molecule has 6 aromatic carbocycles. The maximum Gasteiger partial charge on any atom is 0.217 e. The van der Waals surface area contributed by atoms with Gasteiger partial charge in [-0.2, -0.15) is 0 Å². The zero-order valence-corrected chi connectivity index (χ0v) is 56.1. The fourth-order valence-corrected chi connectivity index (χ4v) is 14.4. The topological polar surface area (TPSA) is 299 Å². The Morgan fingerprint density at radius 3 is 0.969 bits per heavy atom. The summed E-state index contributed by atoms with van der Waals surface area (Å²) in [6, 6.07) is 51.7. The summed E-state index contributed by atoms with van der Waals surface area (Å²) in [6.07, 6.45) is -16.0. The van der Waals surface area contributed by atoms with Crippen LogP contribution in [0.4, 0.5) is 0 Å². The van der Waals surface area contributed by atoms with Crippen molar-refractivity contribution in [1.82, 2.24) is 16.0 Å². The van der Waals surface area contributed by atoms with E-state index in [0.29, 0.717) is 17.5 Å². The van der Waals surface area contributed by atoms with Crippen molar-refractivity contribution in [3.05, 3.63) is 215 Å². The van der Waals surface area contributed by atoms with Crippen LogP contribution in [0.5, 0.6) is 0 Å². The molecule has 3 fully saturated rings. The summed E-state index contributed by atoms with van der Waals surface area (Å²) in [5, 5.41) is 19.6. The van der Waals surface area contributed by atoms with E-state index in [0.717, 1.165) is 22.3 Å². The fourth-order valence-electron chi connectivity index (χ4n) is 12.0. The lowest BCUT2D eigenvalue weighted by Crippen LogP contribution is -2.66. The summed E-state index contributed by atoms with van der Waals surface area (Å²) in [5.41, 5.74) is 4.54. The van der Waals surface area contributed by atoms with Gasteiger partial charge in [-0.3, -0.25) is 14.4 Å². The zero-order valence-electron chi connectivity index (χ0n) is 54.3. The highest BCUT2D eigenvalue weighted by molar-refractivity contribution is 7.51. The minimum absolute atomic E-state index is 0.0135. The SMILES string of the molecule is CCCO[C@@H]1OC(COP(=O)([O-])C[C@@H]2OC(COP(=O)([O-])C[C@@H]3OC(CO)[C@H](OCc4ccccc4)[C@H](OCc4ccccc4)C3NC(C)=O)[C@H](OCc3ccccc3)[C@H](OCc3ccccc3)C2NC(C)=O)[C@H](OCc2ccccc2)[C@H](OCc2ccccc2)C1NC(C)=O. The van der Waals surface area contributed by atoms with Crippen molar-refractivity contribution in [2.75, 3.05) is 38.8 Å². The molecular weight excluding hydrogens is 1280 g/mol. The number of carbonyl (C=O) groups excluding carboxylic acids is 3. The molecule has 96 heavy (non-hydrogen) atoms. The number of nitrogens with one attached hydrogen (secondary N) is 3. The Morgan fingerprint density at radius 2 is 0.667 bits per heavy atom. The monoisotopic (exact) mass is 1360 g/mol. The summed E-state index contributed by atoms with van der Waals surface area (Å²) in [5.74, 6) is -1.54. The maximum atomic E-state index is 15.0. The average Bonchev–Trinajstić information content (AvgIpc) is 0.793. The quantitative estimate of drug-likeness (QED) is 0.0296. The minimum Gasteiger partial charge on any atom is -0.778 e. The maximum absolute atomic E-state index is 15.0. The second kappa shape index (κ2) is 37.0. The lowest BCUT2D eigenvalue weighted by Gasteiger charge is -2.49. The molecular formula is C71H87N3O20P2-2. The van der Waals surface area contributed by atoms with Crippen molar-refractivity contribution in [2.24, 2.45) is 0 Å². The largest absolute Gasteiger partial charge is 0.778 e. The van der Waals surface area contributed by atoms with Gasteiger partial charge in [-0.1, -0.05) is 189 Å². The van der Waals surface area contributed by atoms with E-state index >= 15 is 9.46 Å². The van der Waals surface area contributed by atoms with E-state index in [1.165, 1.54) is 20.8 Å². The molecule has 0 aliphatic carbocycles. The molecule has 3 heterocycles. The van der Waals surface area contributed by atoms with Gasteiger partial charge in [0.15, 0.2) is 6.29 Å². The Bertz CT molecular complexity index is 3400. The Morgan fingerprint density at radius 1 is 0.396 bits per heavy atom.